The quantitative estimate of drug-likeness (QED) is 0.517. The maximum Gasteiger partial charge on any atom is 0.251 e. The predicted octanol–water partition coefficient (Wildman–Crippen LogP) is 4.14. The van der Waals surface area contributed by atoms with Crippen molar-refractivity contribution >= 4 is 21.8 Å². The van der Waals surface area contributed by atoms with Gasteiger partial charge in [-0.3, -0.25) is 9.59 Å². The van der Waals surface area contributed by atoms with Crippen molar-refractivity contribution in [3.63, 3.8) is 0 Å². The second-order valence-corrected chi connectivity index (χ2v) is 8.33. The van der Waals surface area contributed by atoms with Gasteiger partial charge in [0.15, 0.2) is 6.29 Å². The molecule has 2 aromatic heterocycles. The molecule has 2 aromatic carbocycles. The summed E-state index contributed by atoms with van der Waals surface area (Å²) in [7, 11) is 0. The molecular formula is C26H28N2O4. The molecule has 1 aliphatic heterocycles. The lowest BCUT2D eigenvalue weighted by molar-refractivity contribution is -0.0522. The molecule has 1 aliphatic rings. The molecule has 3 heterocycles. The van der Waals surface area contributed by atoms with Crippen LogP contribution in [0.5, 0.6) is 0 Å². The van der Waals surface area contributed by atoms with Crippen LogP contribution in [0.1, 0.15) is 22.3 Å². The SMILES string of the molecule is Cc1ccc2c(C)cc(=O)[nH]c2c1.Cc1ccc2c(C)cc(=O)n(CC3OCCO3)c2c1. The topological polar surface area (TPSA) is 73.3 Å². The molecule has 0 aliphatic carbocycles. The van der Waals surface area contributed by atoms with Gasteiger partial charge in [-0.05, 0) is 62.1 Å². The van der Waals surface area contributed by atoms with Gasteiger partial charge >= 0.3 is 0 Å². The lowest BCUT2D eigenvalue weighted by Gasteiger charge is -2.15. The first-order valence-corrected chi connectivity index (χ1v) is 10.8. The van der Waals surface area contributed by atoms with E-state index in [4.69, 9.17) is 9.47 Å². The van der Waals surface area contributed by atoms with E-state index in [-0.39, 0.29) is 17.4 Å². The minimum absolute atomic E-state index is 0.00491. The fourth-order valence-electron chi connectivity index (χ4n) is 4.06. The van der Waals surface area contributed by atoms with Crippen LogP contribution in [0.15, 0.2) is 58.1 Å². The molecule has 1 saturated heterocycles. The number of nitrogens with zero attached hydrogens (tertiary/aromatic N) is 1. The maximum absolute atomic E-state index is 12.2. The third-order valence-electron chi connectivity index (χ3n) is 5.70. The number of aryl methyl sites for hydroxylation is 4. The van der Waals surface area contributed by atoms with Crippen molar-refractivity contribution in [2.75, 3.05) is 13.2 Å². The van der Waals surface area contributed by atoms with Gasteiger partial charge in [-0.2, -0.15) is 0 Å². The molecule has 0 bridgehead atoms. The number of fused-ring (bicyclic) bond motifs is 2. The van der Waals surface area contributed by atoms with Crippen molar-refractivity contribution in [1.29, 1.82) is 0 Å². The van der Waals surface area contributed by atoms with Gasteiger partial charge in [0.1, 0.15) is 0 Å². The number of nitrogens with one attached hydrogen (secondary N) is 1. The Labute approximate surface area is 186 Å². The summed E-state index contributed by atoms with van der Waals surface area (Å²) in [6, 6.07) is 15.5. The number of aromatic nitrogens is 2. The van der Waals surface area contributed by atoms with Crippen LogP contribution in [0, 0.1) is 27.7 Å². The second-order valence-electron chi connectivity index (χ2n) is 8.33. The molecule has 6 nitrogen and oxygen atoms in total. The van der Waals surface area contributed by atoms with E-state index >= 15 is 0 Å². The van der Waals surface area contributed by atoms with Crippen molar-refractivity contribution in [2.24, 2.45) is 0 Å². The van der Waals surface area contributed by atoms with Crippen LogP contribution < -0.4 is 11.1 Å². The minimum atomic E-state index is -0.316. The van der Waals surface area contributed by atoms with Crippen LogP contribution in [0.3, 0.4) is 0 Å². The Kier molecular flexibility index (Phi) is 6.26. The number of rotatable bonds is 2. The summed E-state index contributed by atoms with van der Waals surface area (Å²) < 4.78 is 12.6. The van der Waals surface area contributed by atoms with E-state index < -0.39 is 0 Å². The van der Waals surface area contributed by atoms with Crippen LogP contribution in [0.25, 0.3) is 21.8 Å². The molecule has 4 aromatic rings. The molecule has 0 saturated carbocycles. The first-order chi connectivity index (χ1) is 15.3. The van der Waals surface area contributed by atoms with E-state index in [1.165, 1.54) is 0 Å². The standard InChI is InChI=1S/C15H17NO3.C11H11NO/c1-10-3-4-12-11(2)8-14(17)16(13(12)7-10)9-15-18-5-6-19-15;1-7-3-4-9-8(2)6-11(13)12-10(9)5-7/h3-4,7-8,15H,5-6,9H2,1-2H3;3-6H,1-2H3,(H,12,13). The number of hydrogen-bond acceptors (Lipinski definition) is 4. The van der Waals surface area contributed by atoms with E-state index in [0.717, 1.165) is 44.1 Å². The van der Waals surface area contributed by atoms with Crippen molar-refractivity contribution in [2.45, 2.75) is 40.5 Å². The highest BCUT2D eigenvalue weighted by Crippen LogP contribution is 2.19. The maximum atomic E-state index is 12.2. The first kappa shape index (κ1) is 22.0. The van der Waals surface area contributed by atoms with E-state index in [2.05, 4.69) is 17.1 Å². The zero-order valence-electron chi connectivity index (χ0n) is 18.9. The summed E-state index contributed by atoms with van der Waals surface area (Å²) in [5.41, 5.74) is 6.16. The van der Waals surface area contributed by atoms with Gasteiger partial charge in [0, 0.05) is 28.4 Å². The number of aromatic amines is 1. The molecule has 166 valence electrons. The summed E-state index contributed by atoms with van der Waals surface area (Å²) in [4.78, 5) is 26.2. The van der Waals surface area contributed by atoms with Crippen molar-refractivity contribution in [3.8, 4) is 0 Å². The number of benzene rings is 2. The van der Waals surface area contributed by atoms with Gasteiger partial charge in [0.25, 0.3) is 5.56 Å². The van der Waals surface area contributed by atoms with Gasteiger partial charge in [-0.25, -0.2) is 0 Å². The molecule has 1 fully saturated rings. The highest BCUT2D eigenvalue weighted by atomic mass is 16.7. The van der Waals surface area contributed by atoms with Crippen molar-refractivity contribution in [1.82, 2.24) is 9.55 Å². The molecule has 1 N–H and O–H groups in total. The number of ether oxygens (including phenoxy) is 2. The van der Waals surface area contributed by atoms with Crippen LogP contribution in [0.4, 0.5) is 0 Å². The monoisotopic (exact) mass is 432 g/mol. The van der Waals surface area contributed by atoms with Gasteiger partial charge in [-0.1, -0.05) is 24.3 Å². The second kappa shape index (κ2) is 9.10. The summed E-state index contributed by atoms with van der Waals surface area (Å²) in [5, 5.41) is 2.22. The molecule has 0 amide bonds. The highest BCUT2D eigenvalue weighted by molar-refractivity contribution is 5.83. The number of pyridine rings is 2. The third-order valence-corrected chi connectivity index (χ3v) is 5.70. The Balaban J connectivity index is 0.000000165. The average molecular weight is 433 g/mol. The number of hydrogen-bond donors (Lipinski definition) is 1. The van der Waals surface area contributed by atoms with Crippen LogP contribution >= 0.6 is 0 Å². The van der Waals surface area contributed by atoms with Crippen LogP contribution in [-0.2, 0) is 16.0 Å². The van der Waals surface area contributed by atoms with Gasteiger partial charge in [0.2, 0.25) is 5.56 Å². The Morgan fingerprint density at radius 2 is 1.47 bits per heavy atom. The zero-order chi connectivity index (χ0) is 22.8. The average Bonchev–Trinajstić information content (AvgIpc) is 3.24. The normalized spacial score (nSPS) is 14.0. The lowest BCUT2D eigenvalue weighted by atomic mass is 10.1. The zero-order valence-corrected chi connectivity index (χ0v) is 18.9. The molecule has 0 unspecified atom stereocenters. The summed E-state index contributed by atoms with van der Waals surface area (Å²) in [6.07, 6.45) is -0.316. The molecule has 5 rings (SSSR count). The van der Waals surface area contributed by atoms with Gasteiger partial charge in [0.05, 0.1) is 25.3 Å². The Bertz CT molecular complexity index is 1400. The molecule has 0 atom stereocenters. The molecule has 0 spiro atoms. The van der Waals surface area contributed by atoms with E-state index in [0.29, 0.717) is 19.8 Å². The minimum Gasteiger partial charge on any atom is -0.348 e. The Hall–Kier alpha value is -3.22. The van der Waals surface area contributed by atoms with E-state index in [1.807, 2.05) is 52.0 Å². The van der Waals surface area contributed by atoms with Crippen molar-refractivity contribution in [3.05, 3.63) is 91.5 Å². The fraction of sp³-hybridized carbons (Fsp3) is 0.308. The van der Waals surface area contributed by atoms with Gasteiger partial charge in [-0.15, -0.1) is 0 Å². The van der Waals surface area contributed by atoms with Gasteiger partial charge < -0.3 is 19.0 Å². The van der Waals surface area contributed by atoms with Crippen LogP contribution in [-0.4, -0.2) is 29.1 Å². The first-order valence-electron chi connectivity index (χ1n) is 10.8. The third kappa shape index (κ3) is 4.66. The molecule has 32 heavy (non-hydrogen) atoms. The summed E-state index contributed by atoms with van der Waals surface area (Å²) >= 11 is 0. The van der Waals surface area contributed by atoms with Crippen molar-refractivity contribution < 1.29 is 9.47 Å². The van der Waals surface area contributed by atoms with Crippen LogP contribution in [0.2, 0.25) is 0 Å². The van der Waals surface area contributed by atoms with E-state index in [9.17, 15) is 9.59 Å². The largest absolute Gasteiger partial charge is 0.348 e. The van der Waals surface area contributed by atoms with E-state index in [1.54, 1.807) is 16.7 Å². The predicted molar refractivity (Wildman–Crippen MR) is 127 cm³/mol. The highest BCUT2D eigenvalue weighted by Gasteiger charge is 2.18. The summed E-state index contributed by atoms with van der Waals surface area (Å²) in [5.74, 6) is 0. The lowest BCUT2D eigenvalue weighted by Crippen LogP contribution is -2.27. The molecular weight excluding hydrogens is 404 g/mol. The smallest absolute Gasteiger partial charge is 0.251 e. The molecule has 6 heteroatoms. The summed E-state index contributed by atoms with van der Waals surface area (Å²) in [6.45, 7) is 9.60. The fourth-order valence-corrected chi connectivity index (χ4v) is 4.06. The Morgan fingerprint density at radius 1 is 0.844 bits per heavy atom. The Morgan fingerprint density at radius 3 is 2.19 bits per heavy atom. The molecule has 0 radical (unpaired) electrons. The number of H-pyrrole nitrogens is 1.